The smallest absolute Gasteiger partial charge is 0.0533 e. The van der Waals surface area contributed by atoms with Gasteiger partial charge in [-0.05, 0) is 58.6 Å². The van der Waals surface area contributed by atoms with Crippen LogP contribution in [0, 0.1) is 6.92 Å². The van der Waals surface area contributed by atoms with Crippen molar-refractivity contribution in [2.45, 2.75) is 24.3 Å². The van der Waals surface area contributed by atoms with Crippen molar-refractivity contribution in [3.63, 3.8) is 0 Å². The third-order valence-corrected chi connectivity index (χ3v) is 5.72. The molecule has 0 spiro atoms. The highest BCUT2D eigenvalue weighted by Gasteiger charge is 2.20. The van der Waals surface area contributed by atoms with Gasteiger partial charge in [-0.25, -0.2) is 0 Å². The molecule has 0 amide bonds. The largest absolute Gasteiger partial charge is 0.377 e. The highest BCUT2D eigenvalue weighted by atomic mass is 79.9. The van der Waals surface area contributed by atoms with Gasteiger partial charge >= 0.3 is 0 Å². The molecular weight excluding hydrogens is 354 g/mol. The quantitative estimate of drug-likeness (QED) is 0.691. The molecule has 2 aromatic carbocycles. The van der Waals surface area contributed by atoms with E-state index < -0.39 is 0 Å². The van der Waals surface area contributed by atoms with Gasteiger partial charge in [0, 0.05) is 20.1 Å². The lowest BCUT2D eigenvalue weighted by Crippen LogP contribution is -2.16. The van der Waals surface area contributed by atoms with Crippen molar-refractivity contribution in [3.8, 4) is 0 Å². The Balaban J connectivity index is 1.91. The molecule has 0 saturated carbocycles. The summed E-state index contributed by atoms with van der Waals surface area (Å²) in [6.07, 6.45) is 1.12. The van der Waals surface area contributed by atoms with E-state index >= 15 is 0 Å². The molecule has 0 bridgehead atoms. The molecule has 104 valence electrons. The van der Waals surface area contributed by atoms with Crippen LogP contribution in [0.3, 0.4) is 0 Å². The lowest BCUT2D eigenvalue weighted by atomic mass is 10.0. The maximum Gasteiger partial charge on any atom is 0.0533 e. The summed E-state index contributed by atoms with van der Waals surface area (Å²) in [6, 6.07) is 13.0. The van der Waals surface area contributed by atoms with Gasteiger partial charge in [0.2, 0.25) is 0 Å². The molecule has 1 aliphatic rings. The summed E-state index contributed by atoms with van der Waals surface area (Å²) in [5.74, 6) is 1.14. The fourth-order valence-corrected chi connectivity index (χ4v) is 4.30. The minimum Gasteiger partial charge on any atom is -0.377 e. The van der Waals surface area contributed by atoms with Gasteiger partial charge in [0.25, 0.3) is 0 Å². The number of fused-ring (bicyclic) bond motifs is 1. The van der Waals surface area contributed by atoms with Crippen LogP contribution >= 0.6 is 39.3 Å². The molecule has 0 fully saturated rings. The van der Waals surface area contributed by atoms with Crippen molar-refractivity contribution >= 4 is 45.0 Å². The highest BCUT2D eigenvalue weighted by molar-refractivity contribution is 9.10. The maximum atomic E-state index is 6.24. The molecule has 1 unspecified atom stereocenters. The third-order valence-electron chi connectivity index (χ3n) is 3.54. The van der Waals surface area contributed by atoms with Gasteiger partial charge in [-0.15, -0.1) is 11.8 Å². The molecule has 2 aromatic rings. The van der Waals surface area contributed by atoms with E-state index in [0.29, 0.717) is 6.04 Å². The van der Waals surface area contributed by atoms with Crippen molar-refractivity contribution in [1.82, 2.24) is 0 Å². The number of rotatable bonds is 2. The van der Waals surface area contributed by atoms with Gasteiger partial charge in [0.15, 0.2) is 0 Å². The Morgan fingerprint density at radius 1 is 1.30 bits per heavy atom. The van der Waals surface area contributed by atoms with Crippen LogP contribution in [0.15, 0.2) is 45.8 Å². The molecule has 1 heterocycles. The van der Waals surface area contributed by atoms with E-state index in [1.165, 1.54) is 10.5 Å². The molecule has 0 radical (unpaired) electrons. The van der Waals surface area contributed by atoms with E-state index in [2.05, 4.69) is 51.6 Å². The number of benzene rings is 2. The number of nitrogens with one attached hydrogen (secondary N) is 1. The molecule has 4 heteroatoms. The first kappa shape index (κ1) is 14.3. The van der Waals surface area contributed by atoms with E-state index in [-0.39, 0.29) is 0 Å². The summed E-state index contributed by atoms with van der Waals surface area (Å²) in [5, 5.41) is 4.43. The van der Waals surface area contributed by atoms with E-state index in [1.807, 2.05) is 24.8 Å². The van der Waals surface area contributed by atoms with E-state index in [9.17, 15) is 0 Å². The van der Waals surface area contributed by atoms with Gasteiger partial charge < -0.3 is 5.32 Å². The van der Waals surface area contributed by atoms with Crippen molar-refractivity contribution in [3.05, 3.63) is 57.0 Å². The van der Waals surface area contributed by atoms with Crippen LogP contribution in [-0.2, 0) is 0 Å². The van der Waals surface area contributed by atoms with Crippen molar-refractivity contribution < 1.29 is 0 Å². The lowest BCUT2D eigenvalue weighted by molar-refractivity contribution is 0.728. The Labute approximate surface area is 137 Å². The zero-order valence-corrected chi connectivity index (χ0v) is 14.3. The summed E-state index contributed by atoms with van der Waals surface area (Å²) >= 11 is 11.8. The van der Waals surface area contributed by atoms with Gasteiger partial charge in [0.1, 0.15) is 0 Å². The summed E-state index contributed by atoms with van der Waals surface area (Å²) < 4.78 is 1.06. The zero-order chi connectivity index (χ0) is 14.1. The van der Waals surface area contributed by atoms with Crippen LogP contribution < -0.4 is 5.32 Å². The number of thioether (sulfide) groups is 1. The molecule has 3 rings (SSSR count). The fourth-order valence-electron chi connectivity index (χ4n) is 2.44. The SMILES string of the molecule is Cc1cc(Br)c(NC2CCSc3ccccc32)cc1Cl. The van der Waals surface area contributed by atoms with Crippen LogP contribution in [0.5, 0.6) is 0 Å². The zero-order valence-electron chi connectivity index (χ0n) is 11.1. The standard InChI is InChI=1S/C16H15BrClNS/c1-10-8-12(17)15(9-13(10)18)19-14-6-7-20-16-5-3-2-4-11(14)16/h2-5,8-9,14,19H,6-7H2,1H3. The summed E-state index contributed by atoms with van der Waals surface area (Å²) in [6.45, 7) is 2.02. The predicted octanol–water partition coefficient (Wildman–Crippen LogP) is 6.06. The van der Waals surface area contributed by atoms with Crippen molar-refractivity contribution in [2.24, 2.45) is 0 Å². The minimum atomic E-state index is 0.350. The number of anilines is 1. The van der Waals surface area contributed by atoms with Crippen LogP contribution in [0.1, 0.15) is 23.6 Å². The Kier molecular flexibility index (Phi) is 4.29. The second kappa shape index (κ2) is 6.00. The molecule has 20 heavy (non-hydrogen) atoms. The lowest BCUT2D eigenvalue weighted by Gasteiger charge is -2.27. The van der Waals surface area contributed by atoms with Crippen LogP contribution in [0.2, 0.25) is 5.02 Å². The first-order chi connectivity index (χ1) is 9.65. The van der Waals surface area contributed by atoms with Crippen LogP contribution in [0.4, 0.5) is 5.69 Å². The van der Waals surface area contributed by atoms with Gasteiger partial charge in [-0.3, -0.25) is 0 Å². The Hall–Kier alpha value is -0.640. The summed E-state index contributed by atoms with van der Waals surface area (Å²) in [5.41, 5.74) is 3.53. The second-order valence-electron chi connectivity index (χ2n) is 4.95. The fraction of sp³-hybridized carbons (Fsp3) is 0.250. The number of aryl methyl sites for hydroxylation is 1. The topological polar surface area (TPSA) is 12.0 Å². The maximum absolute atomic E-state index is 6.24. The van der Waals surface area contributed by atoms with Gasteiger partial charge in [-0.2, -0.15) is 0 Å². The Morgan fingerprint density at radius 2 is 2.10 bits per heavy atom. The first-order valence-corrected chi connectivity index (χ1v) is 8.74. The number of hydrogen-bond donors (Lipinski definition) is 1. The molecular formula is C16H15BrClNS. The third kappa shape index (κ3) is 2.85. The van der Waals surface area contributed by atoms with Crippen LogP contribution in [0.25, 0.3) is 0 Å². The molecule has 1 N–H and O–H groups in total. The van der Waals surface area contributed by atoms with Crippen molar-refractivity contribution in [1.29, 1.82) is 0 Å². The molecule has 1 nitrogen and oxygen atoms in total. The first-order valence-electron chi connectivity index (χ1n) is 6.59. The summed E-state index contributed by atoms with van der Waals surface area (Å²) in [4.78, 5) is 1.38. The summed E-state index contributed by atoms with van der Waals surface area (Å²) in [7, 11) is 0. The minimum absolute atomic E-state index is 0.350. The van der Waals surface area contributed by atoms with Crippen LogP contribution in [-0.4, -0.2) is 5.75 Å². The molecule has 1 atom stereocenters. The molecule has 0 saturated heterocycles. The molecule has 0 aliphatic carbocycles. The average Bonchev–Trinajstić information content (AvgIpc) is 2.45. The average molecular weight is 369 g/mol. The number of hydrogen-bond acceptors (Lipinski definition) is 2. The second-order valence-corrected chi connectivity index (χ2v) is 7.35. The predicted molar refractivity (Wildman–Crippen MR) is 92.0 cm³/mol. The Bertz CT molecular complexity index is 644. The Morgan fingerprint density at radius 3 is 2.95 bits per heavy atom. The van der Waals surface area contributed by atoms with Gasteiger partial charge in [-0.1, -0.05) is 29.8 Å². The monoisotopic (exact) mass is 367 g/mol. The molecule has 1 aliphatic heterocycles. The normalized spacial score (nSPS) is 17.6. The van der Waals surface area contributed by atoms with E-state index in [4.69, 9.17) is 11.6 Å². The molecule has 0 aromatic heterocycles. The van der Waals surface area contributed by atoms with Gasteiger partial charge in [0.05, 0.1) is 11.7 Å². The van der Waals surface area contributed by atoms with E-state index in [0.717, 1.165) is 32.9 Å². The number of halogens is 2. The van der Waals surface area contributed by atoms with Crippen molar-refractivity contribution in [2.75, 3.05) is 11.1 Å². The van der Waals surface area contributed by atoms with E-state index in [1.54, 1.807) is 0 Å². The highest BCUT2D eigenvalue weighted by Crippen LogP contribution is 2.39.